The van der Waals surface area contributed by atoms with Crippen molar-refractivity contribution in [3.63, 3.8) is 0 Å². The molecular weight excluding hydrogens is 615 g/mol. The van der Waals surface area contributed by atoms with E-state index in [1.807, 2.05) is 24.3 Å². The number of amides is 3. The molecule has 1 aromatic carbocycles. The van der Waals surface area contributed by atoms with Crippen molar-refractivity contribution in [3.8, 4) is 0 Å². The molecule has 0 radical (unpaired) electrons. The molecule has 0 spiro atoms. The van der Waals surface area contributed by atoms with Crippen molar-refractivity contribution in [1.29, 1.82) is 0 Å². The van der Waals surface area contributed by atoms with Crippen LogP contribution in [0.15, 0.2) is 24.3 Å². The van der Waals surface area contributed by atoms with E-state index >= 15 is 0 Å². The fourth-order valence-electron chi connectivity index (χ4n) is 5.12. The van der Waals surface area contributed by atoms with Crippen molar-refractivity contribution in [1.82, 2.24) is 4.90 Å². The molecule has 29 heavy (non-hydrogen) atoms. The fraction of sp³-hybridized carbons (Fsp3) is 0.571. The van der Waals surface area contributed by atoms with Crippen LogP contribution >= 0.6 is 54.5 Å². The number of likely N-dealkylation sites (tertiary alicyclic amines) is 1. The first kappa shape index (κ1) is 21.7. The highest BCUT2D eigenvalue weighted by molar-refractivity contribution is 14.1. The number of unbranched alkanes of at least 4 members (excludes halogenated alkanes) is 2. The highest BCUT2D eigenvalue weighted by atomic mass is 127. The third-order valence-electron chi connectivity index (χ3n) is 6.49. The summed E-state index contributed by atoms with van der Waals surface area (Å²) in [5.41, 5.74) is 0.806. The number of fused-ring (bicyclic) bond motifs is 5. The summed E-state index contributed by atoms with van der Waals surface area (Å²) < 4.78 is 1.13. The van der Waals surface area contributed by atoms with Gasteiger partial charge in [-0.15, -0.1) is 0 Å². The minimum absolute atomic E-state index is 0.00244. The number of alkyl halides is 2. The van der Waals surface area contributed by atoms with Crippen LogP contribution in [0.25, 0.3) is 0 Å². The van der Waals surface area contributed by atoms with Gasteiger partial charge in [-0.1, -0.05) is 38.3 Å². The van der Waals surface area contributed by atoms with Crippen LogP contribution < -0.4 is 5.32 Å². The van der Waals surface area contributed by atoms with Crippen LogP contribution in [0.2, 0.25) is 0 Å². The lowest BCUT2D eigenvalue weighted by Crippen LogP contribution is -2.37. The molecule has 1 saturated heterocycles. The summed E-state index contributed by atoms with van der Waals surface area (Å²) >= 11 is 9.65. The molecule has 3 fully saturated rings. The maximum atomic E-state index is 12.8. The van der Waals surface area contributed by atoms with Crippen molar-refractivity contribution in [2.75, 3.05) is 11.9 Å². The van der Waals surface area contributed by atoms with E-state index in [2.05, 4.69) is 59.8 Å². The predicted octanol–water partition coefficient (Wildman–Crippen LogP) is 4.57. The zero-order valence-corrected chi connectivity index (χ0v) is 21.2. The molecule has 4 rings (SSSR count). The van der Waals surface area contributed by atoms with Gasteiger partial charge in [-0.3, -0.25) is 19.3 Å². The summed E-state index contributed by atoms with van der Waals surface area (Å²) in [6, 6.07) is 7.70. The first-order valence-corrected chi connectivity index (χ1v) is 13.0. The summed E-state index contributed by atoms with van der Waals surface area (Å²) in [7, 11) is 0. The number of rotatable bonds is 7. The summed E-state index contributed by atoms with van der Waals surface area (Å²) in [6.45, 7) is 0.475. The van der Waals surface area contributed by atoms with E-state index in [0.717, 1.165) is 34.9 Å². The third-order valence-corrected chi connectivity index (χ3v) is 10.4. The fourth-order valence-corrected chi connectivity index (χ4v) is 7.35. The summed E-state index contributed by atoms with van der Waals surface area (Å²) in [5.74, 6) is 0.301. The smallest absolute Gasteiger partial charge is 0.233 e. The van der Waals surface area contributed by atoms with E-state index < -0.39 is 0 Å². The van der Waals surface area contributed by atoms with Gasteiger partial charge < -0.3 is 5.32 Å². The van der Waals surface area contributed by atoms with Crippen LogP contribution in [0.4, 0.5) is 5.69 Å². The maximum absolute atomic E-state index is 12.8. The number of imide groups is 1. The Balaban J connectivity index is 1.20. The molecule has 1 aromatic rings. The van der Waals surface area contributed by atoms with Gasteiger partial charge in [0.25, 0.3) is 0 Å². The molecule has 0 unspecified atom stereocenters. The van der Waals surface area contributed by atoms with Crippen LogP contribution in [0.1, 0.15) is 32.1 Å². The highest BCUT2D eigenvalue weighted by Crippen LogP contribution is 2.60. The molecule has 2 bridgehead atoms. The Bertz CT molecular complexity index is 787. The quantitative estimate of drug-likeness (QED) is 0.206. The van der Waals surface area contributed by atoms with E-state index in [1.165, 1.54) is 4.90 Å². The van der Waals surface area contributed by atoms with Gasteiger partial charge >= 0.3 is 0 Å². The van der Waals surface area contributed by atoms with Gasteiger partial charge in [0.05, 0.1) is 11.8 Å². The van der Waals surface area contributed by atoms with Crippen molar-refractivity contribution in [2.45, 2.75) is 41.8 Å². The largest absolute Gasteiger partial charge is 0.326 e. The van der Waals surface area contributed by atoms with Crippen LogP contribution in [0, 0.1) is 27.2 Å². The topological polar surface area (TPSA) is 66.5 Å². The molecule has 1 aliphatic heterocycles. The number of hydrogen-bond acceptors (Lipinski definition) is 3. The maximum Gasteiger partial charge on any atom is 0.233 e. The van der Waals surface area contributed by atoms with E-state index in [0.29, 0.717) is 13.0 Å². The van der Waals surface area contributed by atoms with Crippen LogP contribution in [-0.4, -0.2) is 38.8 Å². The van der Waals surface area contributed by atoms with Crippen LogP contribution in [0.3, 0.4) is 0 Å². The first-order valence-electron chi connectivity index (χ1n) is 10.1. The monoisotopic (exact) mass is 636 g/mol. The Morgan fingerprint density at radius 2 is 1.59 bits per heavy atom. The van der Waals surface area contributed by atoms with Crippen molar-refractivity contribution < 1.29 is 14.4 Å². The minimum atomic E-state index is -0.134. The van der Waals surface area contributed by atoms with Crippen molar-refractivity contribution >= 4 is 77.9 Å². The zero-order chi connectivity index (χ0) is 20.7. The summed E-state index contributed by atoms with van der Waals surface area (Å²) in [5, 5.41) is 2.90. The number of anilines is 1. The average molecular weight is 638 g/mol. The van der Waals surface area contributed by atoms with Gasteiger partial charge in [0, 0.05) is 31.9 Å². The lowest BCUT2D eigenvalue weighted by Gasteiger charge is -2.28. The molecule has 3 amide bonds. The van der Waals surface area contributed by atoms with Gasteiger partial charge in [0.15, 0.2) is 0 Å². The number of carbonyl (C=O) groups excluding carboxylic acids is 3. The summed E-state index contributed by atoms with van der Waals surface area (Å²) in [4.78, 5) is 39.8. The van der Waals surface area contributed by atoms with Crippen molar-refractivity contribution in [2.24, 2.45) is 23.7 Å². The van der Waals surface area contributed by atoms with E-state index in [4.69, 9.17) is 0 Å². The number of hydrogen-bond donors (Lipinski definition) is 1. The number of benzene rings is 1. The lowest BCUT2D eigenvalue weighted by molar-refractivity contribution is -0.140. The van der Waals surface area contributed by atoms with Gasteiger partial charge in [0.2, 0.25) is 17.7 Å². The normalized spacial score (nSPS) is 32.7. The molecule has 1 heterocycles. The second-order valence-electron chi connectivity index (χ2n) is 8.20. The number of carbonyl (C=O) groups is 3. The standard InChI is InChI=1S/C21H23Br2IN2O3/c22-18-13-10-14(19(18)23)17-16(13)20(28)26(21(17)29)9-3-1-2-4-15(27)25-12-7-5-11(24)6-8-12/h5-8,13-14,16-19H,1-4,9-10H2,(H,25,27)/t13-,14-,16-,17+,18-,19+/m1/s1. The second-order valence-corrected chi connectivity index (χ2v) is 11.6. The summed E-state index contributed by atoms with van der Waals surface area (Å²) in [6.07, 6.45) is 3.72. The number of nitrogens with one attached hydrogen (secondary N) is 1. The molecule has 156 valence electrons. The molecule has 0 aromatic heterocycles. The molecular formula is C21H23Br2IN2O3. The Labute approximate surface area is 201 Å². The van der Waals surface area contributed by atoms with E-state index in [9.17, 15) is 14.4 Å². The van der Waals surface area contributed by atoms with Crippen LogP contribution in [-0.2, 0) is 14.4 Å². The molecule has 1 N–H and O–H groups in total. The Kier molecular flexibility index (Phi) is 6.70. The van der Waals surface area contributed by atoms with E-state index in [-0.39, 0.29) is 51.0 Å². The highest BCUT2D eigenvalue weighted by Gasteiger charge is 2.66. The molecule has 8 heteroatoms. The van der Waals surface area contributed by atoms with Gasteiger partial charge in [0.1, 0.15) is 0 Å². The van der Waals surface area contributed by atoms with Gasteiger partial charge in [-0.05, 0) is 78.0 Å². The zero-order valence-electron chi connectivity index (χ0n) is 15.8. The number of halogens is 3. The van der Waals surface area contributed by atoms with Gasteiger partial charge in [-0.25, -0.2) is 0 Å². The first-order chi connectivity index (χ1) is 13.9. The minimum Gasteiger partial charge on any atom is -0.326 e. The van der Waals surface area contributed by atoms with Gasteiger partial charge in [-0.2, -0.15) is 0 Å². The Morgan fingerprint density at radius 3 is 2.17 bits per heavy atom. The Hall–Kier alpha value is -0.480. The molecule has 5 nitrogen and oxygen atoms in total. The molecule has 6 atom stereocenters. The Morgan fingerprint density at radius 1 is 1.00 bits per heavy atom. The van der Waals surface area contributed by atoms with E-state index in [1.54, 1.807) is 0 Å². The second kappa shape index (κ2) is 8.94. The van der Waals surface area contributed by atoms with Crippen LogP contribution in [0.5, 0.6) is 0 Å². The molecule has 3 aliphatic rings. The molecule has 2 saturated carbocycles. The molecule has 2 aliphatic carbocycles. The third kappa shape index (κ3) is 4.18. The average Bonchev–Trinajstić information content (AvgIpc) is 3.29. The predicted molar refractivity (Wildman–Crippen MR) is 127 cm³/mol. The number of nitrogens with zero attached hydrogens (tertiary/aromatic N) is 1. The lowest BCUT2D eigenvalue weighted by atomic mass is 9.81. The SMILES string of the molecule is O=C(CCCCCN1C(=O)[C@@H]2[C@H]3C[C@@H]([C@H](Br)[C@@H]3Br)[C@@H]2C1=O)Nc1ccc(I)cc1. The van der Waals surface area contributed by atoms with Crippen molar-refractivity contribution in [3.05, 3.63) is 27.8 Å².